The Balaban J connectivity index is 1.46. The van der Waals surface area contributed by atoms with Gasteiger partial charge in [-0.05, 0) is 80.2 Å². The summed E-state index contributed by atoms with van der Waals surface area (Å²) >= 11 is 6.80. The lowest BCUT2D eigenvalue weighted by molar-refractivity contribution is -0.0700. The number of carbonyl (C=O) groups excluding carboxylic acids is 1. The van der Waals surface area contributed by atoms with E-state index in [-0.39, 0.29) is 16.5 Å². The molecule has 5 saturated carbocycles. The maximum Gasteiger partial charge on any atom is 0.251 e. The second-order valence-electron chi connectivity index (χ2n) is 8.71. The first-order chi connectivity index (χ1) is 11.9. The van der Waals surface area contributed by atoms with Gasteiger partial charge in [0.1, 0.15) is 17.7 Å². The molecule has 1 aromatic carbocycles. The average Bonchev–Trinajstić information content (AvgIpc) is 3.33. The zero-order valence-corrected chi connectivity index (χ0v) is 14.9. The van der Waals surface area contributed by atoms with Gasteiger partial charge < -0.3 is 10.5 Å². The maximum absolute atomic E-state index is 14.3. The van der Waals surface area contributed by atoms with Crippen molar-refractivity contribution < 1.29 is 13.9 Å². The Bertz CT molecular complexity index is 731. The average molecular weight is 364 g/mol. The normalized spacial score (nSPS) is 38.8. The van der Waals surface area contributed by atoms with E-state index in [0.29, 0.717) is 23.5 Å². The predicted octanol–water partition coefficient (Wildman–Crippen LogP) is 4.37. The van der Waals surface area contributed by atoms with Crippen LogP contribution in [0.15, 0.2) is 12.1 Å². The van der Waals surface area contributed by atoms with Gasteiger partial charge in [-0.2, -0.15) is 0 Å². The summed E-state index contributed by atoms with van der Waals surface area (Å²) < 4.78 is 20.8. The van der Waals surface area contributed by atoms with Crippen LogP contribution in [0, 0.1) is 23.6 Å². The van der Waals surface area contributed by atoms with Gasteiger partial charge in [-0.15, -0.1) is 11.6 Å². The van der Waals surface area contributed by atoms with E-state index < -0.39 is 11.7 Å². The van der Waals surface area contributed by atoms with Gasteiger partial charge in [0.05, 0.1) is 5.56 Å². The molecule has 0 heterocycles. The molecule has 0 radical (unpaired) electrons. The van der Waals surface area contributed by atoms with Crippen molar-refractivity contribution in [3.05, 3.63) is 29.1 Å². The molecule has 6 rings (SSSR count). The highest BCUT2D eigenvalue weighted by molar-refractivity contribution is 6.24. The minimum atomic E-state index is -0.718. The van der Waals surface area contributed by atoms with Gasteiger partial charge in [0.25, 0.3) is 5.91 Å². The molecule has 3 nitrogen and oxygen atoms in total. The number of rotatable bonds is 4. The van der Waals surface area contributed by atoms with Crippen LogP contribution in [0.3, 0.4) is 0 Å². The minimum absolute atomic E-state index is 0.0287. The van der Waals surface area contributed by atoms with Crippen molar-refractivity contribution >= 4 is 17.5 Å². The van der Waals surface area contributed by atoms with Gasteiger partial charge >= 0.3 is 0 Å². The van der Waals surface area contributed by atoms with Crippen molar-refractivity contribution in [3.8, 4) is 5.75 Å². The molecule has 0 saturated heterocycles. The molecule has 2 unspecified atom stereocenters. The van der Waals surface area contributed by atoms with Crippen LogP contribution in [0.2, 0.25) is 0 Å². The van der Waals surface area contributed by atoms with Crippen molar-refractivity contribution in [2.75, 3.05) is 0 Å². The van der Waals surface area contributed by atoms with E-state index in [1.165, 1.54) is 18.9 Å². The van der Waals surface area contributed by atoms with Crippen LogP contribution in [0.5, 0.6) is 5.75 Å². The number of ether oxygens (including phenoxy) is 1. The Kier molecular flexibility index (Phi) is 3.41. The Morgan fingerprint density at radius 2 is 1.88 bits per heavy atom. The number of carbonyl (C=O) groups is 1. The highest BCUT2D eigenvalue weighted by Gasteiger charge is 2.55. The SMILES string of the molecule is NC(=O)c1cc(C2CC2)c(OC2C3CC4CC2CC(Cl)(C4)C3)cc1F. The highest BCUT2D eigenvalue weighted by Crippen LogP contribution is 2.59. The molecule has 5 fully saturated rings. The van der Waals surface area contributed by atoms with E-state index in [9.17, 15) is 9.18 Å². The summed E-state index contributed by atoms with van der Waals surface area (Å²) in [6, 6.07) is 3.00. The van der Waals surface area contributed by atoms with Gasteiger partial charge in [-0.1, -0.05) is 0 Å². The minimum Gasteiger partial charge on any atom is -0.489 e. The molecule has 0 aliphatic heterocycles. The Labute approximate surface area is 152 Å². The Morgan fingerprint density at radius 1 is 1.20 bits per heavy atom. The van der Waals surface area contributed by atoms with Crippen LogP contribution in [0.25, 0.3) is 0 Å². The number of primary amides is 1. The molecule has 5 aliphatic rings. The quantitative estimate of drug-likeness (QED) is 0.808. The summed E-state index contributed by atoms with van der Waals surface area (Å²) in [7, 11) is 0. The highest BCUT2D eigenvalue weighted by atomic mass is 35.5. The first kappa shape index (κ1) is 15.9. The van der Waals surface area contributed by atoms with Crippen molar-refractivity contribution in [1.82, 2.24) is 0 Å². The van der Waals surface area contributed by atoms with Crippen LogP contribution in [-0.2, 0) is 0 Å². The molecule has 5 heteroatoms. The van der Waals surface area contributed by atoms with Gasteiger partial charge in [-0.3, -0.25) is 4.79 Å². The lowest BCUT2D eigenvalue weighted by Crippen LogP contribution is -2.56. The summed E-state index contributed by atoms with van der Waals surface area (Å²) in [5.74, 6) is 1.35. The third-order valence-electron chi connectivity index (χ3n) is 6.76. The molecule has 0 spiro atoms. The molecular formula is C20H23ClFNO2. The standard InChI is InChI=1S/C20H23ClFNO2/c21-20-7-10-3-12(8-20)18(13(4-10)9-20)25-17-6-16(22)15(19(23)24)5-14(17)11-1-2-11/h5-6,10-13,18H,1-4,7-9H2,(H2,23,24). The summed E-state index contributed by atoms with van der Waals surface area (Å²) in [6.07, 6.45) is 7.75. The first-order valence-electron chi connectivity index (χ1n) is 9.41. The van der Waals surface area contributed by atoms with Crippen molar-refractivity contribution in [2.45, 2.75) is 61.8 Å². The number of hydrogen-bond acceptors (Lipinski definition) is 2. The van der Waals surface area contributed by atoms with Crippen molar-refractivity contribution in [2.24, 2.45) is 23.5 Å². The fourth-order valence-electron chi connectivity index (χ4n) is 5.79. The molecular weight excluding hydrogens is 341 g/mol. The summed E-state index contributed by atoms with van der Waals surface area (Å²) in [6.45, 7) is 0. The number of halogens is 2. The Hall–Kier alpha value is -1.29. The molecule has 25 heavy (non-hydrogen) atoms. The molecule has 4 bridgehead atoms. The number of benzene rings is 1. The number of hydrogen-bond donors (Lipinski definition) is 1. The molecule has 134 valence electrons. The molecule has 2 N–H and O–H groups in total. The smallest absolute Gasteiger partial charge is 0.251 e. The second kappa shape index (κ2) is 5.35. The van der Waals surface area contributed by atoms with Gasteiger partial charge in [0, 0.05) is 10.9 Å². The number of nitrogens with two attached hydrogens (primary N) is 1. The fraction of sp³-hybridized carbons (Fsp3) is 0.650. The monoisotopic (exact) mass is 363 g/mol. The van der Waals surface area contributed by atoms with E-state index in [2.05, 4.69) is 0 Å². The van der Waals surface area contributed by atoms with Crippen LogP contribution < -0.4 is 10.5 Å². The van der Waals surface area contributed by atoms with E-state index in [4.69, 9.17) is 22.1 Å². The second-order valence-corrected chi connectivity index (χ2v) is 9.51. The molecule has 0 aromatic heterocycles. The van der Waals surface area contributed by atoms with Gasteiger partial charge in [0.15, 0.2) is 0 Å². The lowest BCUT2D eigenvalue weighted by Gasteiger charge is -2.57. The predicted molar refractivity (Wildman–Crippen MR) is 93.4 cm³/mol. The van der Waals surface area contributed by atoms with Gasteiger partial charge in [0.2, 0.25) is 0 Å². The van der Waals surface area contributed by atoms with Crippen LogP contribution in [0.1, 0.15) is 66.8 Å². The van der Waals surface area contributed by atoms with Gasteiger partial charge in [-0.25, -0.2) is 4.39 Å². The third-order valence-corrected chi connectivity index (χ3v) is 7.22. The van der Waals surface area contributed by atoms with E-state index in [1.54, 1.807) is 6.07 Å². The van der Waals surface area contributed by atoms with E-state index >= 15 is 0 Å². The molecule has 2 atom stereocenters. The third kappa shape index (κ3) is 2.64. The van der Waals surface area contributed by atoms with Crippen LogP contribution in [-0.4, -0.2) is 16.9 Å². The van der Waals surface area contributed by atoms with E-state index in [0.717, 1.165) is 43.6 Å². The largest absolute Gasteiger partial charge is 0.489 e. The summed E-state index contributed by atoms with van der Waals surface area (Å²) in [5, 5.41) is 0. The lowest BCUT2D eigenvalue weighted by atomic mass is 9.54. The fourth-order valence-corrected chi connectivity index (χ4v) is 6.41. The summed E-state index contributed by atoms with van der Waals surface area (Å²) in [4.78, 5) is 11.4. The zero-order valence-electron chi connectivity index (χ0n) is 14.1. The van der Waals surface area contributed by atoms with E-state index in [1.807, 2.05) is 0 Å². The molecule has 1 aromatic rings. The number of alkyl halides is 1. The summed E-state index contributed by atoms with van der Waals surface area (Å²) in [5.41, 5.74) is 6.23. The zero-order chi connectivity index (χ0) is 17.3. The number of amides is 1. The first-order valence-corrected chi connectivity index (χ1v) is 9.78. The Morgan fingerprint density at radius 3 is 2.44 bits per heavy atom. The van der Waals surface area contributed by atoms with Crippen molar-refractivity contribution in [3.63, 3.8) is 0 Å². The van der Waals surface area contributed by atoms with Crippen LogP contribution in [0.4, 0.5) is 4.39 Å². The molecule has 5 aliphatic carbocycles. The molecule has 1 amide bonds. The topological polar surface area (TPSA) is 52.3 Å². The maximum atomic E-state index is 14.3. The van der Waals surface area contributed by atoms with Crippen LogP contribution >= 0.6 is 11.6 Å². The van der Waals surface area contributed by atoms with Crippen molar-refractivity contribution in [1.29, 1.82) is 0 Å².